The van der Waals surface area contributed by atoms with Gasteiger partial charge in [0.2, 0.25) is 17.6 Å². The Morgan fingerprint density at radius 1 is 1.07 bits per heavy atom. The van der Waals surface area contributed by atoms with Crippen molar-refractivity contribution in [1.29, 1.82) is 5.26 Å². The van der Waals surface area contributed by atoms with Crippen LogP contribution in [0.3, 0.4) is 0 Å². The molecule has 2 atom stereocenters. The maximum atomic E-state index is 11.9. The molecule has 1 aliphatic heterocycles. The lowest BCUT2D eigenvalue weighted by Gasteiger charge is -2.24. The lowest BCUT2D eigenvalue weighted by molar-refractivity contribution is -0.145. The molecule has 5 aromatic rings. The quantitative estimate of drug-likeness (QED) is 0.0964. The van der Waals surface area contributed by atoms with Gasteiger partial charge in [0.15, 0.2) is 0 Å². The first-order valence-electron chi connectivity index (χ1n) is 17.8. The molecule has 0 spiro atoms. The van der Waals surface area contributed by atoms with Gasteiger partial charge in [0.05, 0.1) is 37.1 Å². The number of aromatic nitrogens is 3. The molecule has 0 amide bonds. The highest BCUT2D eigenvalue weighted by molar-refractivity contribution is 9.10. The number of fused-ring (bicyclic) bond motifs is 1. The minimum absolute atomic E-state index is 0.0162. The Morgan fingerprint density at radius 3 is 2.62 bits per heavy atom. The maximum Gasteiger partial charge on any atom is 0.326 e. The molecule has 3 aromatic heterocycles. The first kappa shape index (κ1) is 38.7. The van der Waals surface area contributed by atoms with E-state index in [9.17, 15) is 20.3 Å². The van der Waals surface area contributed by atoms with Crippen LogP contribution in [0.2, 0.25) is 5.02 Å². The average molecular weight is 839 g/mol. The van der Waals surface area contributed by atoms with E-state index in [1.54, 1.807) is 25.4 Å². The number of ether oxygens (including phenoxy) is 3. The maximum absolute atomic E-state index is 11.9. The van der Waals surface area contributed by atoms with Crippen LogP contribution in [0.1, 0.15) is 52.8 Å². The summed E-state index contributed by atoms with van der Waals surface area (Å²) < 4.78 is 19.2. The summed E-state index contributed by atoms with van der Waals surface area (Å²) in [5, 5.41) is 35.2. The summed E-state index contributed by atoms with van der Waals surface area (Å²) in [7, 11) is 1.61. The third-order valence-corrected chi connectivity index (χ3v) is 10.9. The van der Waals surface area contributed by atoms with E-state index in [1.807, 2.05) is 36.4 Å². The number of carboxylic acid groups (broad SMARTS) is 1. The first-order chi connectivity index (χ1) is 27.1. The second-order valence-electron chi connectivity index (χ2n) is 13.5. The van der Waals surface area contributed by atoms with E-state index in [-0.39, 0.29) is 36.0 Å². The van der Waals surface area contributed by atoms with Crippen LogP contribution in [0, 0.1) is 11.3 Å². The largest absolute Gasteiger partial charge is 0.480 e. The fraction of sp³-hybridized carbons (Fsp3) is 0.268. The number of nitrogens with zero attached hydrogens (tertiary/aromatic N) is 5. The number of aliphatic imine (C=N–C) groups is 1. The van der Waals surface area contributed by atoms with Crippen molar-refractivity contribution in [1.82, 2.24) is 25.6 Å². The molecule has 0 fully saturated rings. The Labute approximate surface area is 336 Å². The lowest BCUT2D eigenvalue weighted by Crippen LogP contribution is -2.52. The van der Waals surface area contributed by atoms with Gasteiger partial charge in [-0.2, -0.15) is 10.2 Å². The van der Waals surface area contributed by atoms with Gasteiger partial charge in [-0.1, -0.05) is 48.0 Å². The molecular weight excluding hydrogens is 802 g/mol. The van der Waals surface area contributed by atoms with Crippen molar-refractivity contribution in [2.24, 2.45) is 4.99 Å². The molecule has 2 aliphatic rings. The van der Waals surface area contributed by atoms with Gasteiger partial charge in [-0.3, -0.25) is 20.1 Å². The van der Waals surface area contributed by atoms with E-state index in [0.717, 1.165) is 62.3 Å². The number of carbonyl (C=O) groups is 1. The monoisotopic (exact) mass is 837 g/mol. The standard InChI is InChI=1S/C41H37BrClN7O6/c1-41(22-51,40(52)53)48-20-25-16-32(43)39(50-37(25)55-21-24-15-23(17-44)18-45-19-24)56-34-12-10-27-26(5-3-6-28(27)34)29-7-4-8-30(35(29)42)33-11-9-31(38(49-33)54-2)36-46-13-14-47-36/h3-9,11,15-16,18-19,34,48,51H,10,12-14,20-22H2,1-2H3,(H,46,47)(H,52,53)/t34-,41-/m0/s1. The topological polar surface area (TPSA) is 184 Å². The predicted octanol–water partition coefficient (Wildman–Crippen LogP) is 6.42. The van der Waals surface area contributed by atoms with Crippen molar-refractivity contribution in [3.63, 3.8) is 0 Å². The van der Waals surface area contributed by atoms with Crippen molar-refractivity contribution in [2.75, 3.05) is 26.8 Å². The van der Waals surface area contributed by atoms with Crippen molar-refractivity contribution >= 4 is 39.3 Å². The summed E-state index contributed by atoms with van der Waals surface area (Å²) in [6, 6.07) is 21.5. The molecule has 13 nitrogen and oxygen atoms in total. The highest BCUT2D eigenvalue weighted by atomic mass is 79.9. The SMILES string of the molecule is COc1nc(-c2cccc(-c3cccc4c3CC[C@@H]4Oc3nc(OCc4cncc(C#N)c4)c(CN[C@@](C)(CO)C(=O)O)cc3Cl)c2Br)ccc1C1=NCCN1. The highest BCUT2D eigenvalue weighted by Gasteiger charge is 2.33. The van der Waals surface area contributed by atoms with Crippen LogP contribution in [-0.4, -0.2) is 69.3 Å². The molecule has 0 radical (unpaired) electrons. The number of rotatable bonds is 14. The number of hydrogen-bond acceptors (Lipinski definition) is 12. The number of aliphatic hydroxyl groups is 1. The molecule has 15 heteroatoms. The van der Waals surface area contributed by atoms with Gasteiger partial charge in [0.1, 0.15) is 35.2 Å². The van der Waals surface area contributed by atoms with Crippen LogP contribution in [0.5, 0.6) is 17.6 Å². The summed E-state index contributed by atoms with van der Waals surface area (Å²) in [6.07, 6.45) is 4.06. The fourth-order valence-corrected chi connectivity index (χ4v) is 7.56. The van der Waals surface area contributed by atoms with Crippen LogP contribution < -0.4 is 24.8 Å². The Kier molecular flexibility index (Phi) is 11.5. The second-order valence-corrected chi connectivity index (χ2v) is 14.7. The third-order valence-electron chi connectivity index (χ3n) is 9.76. The van der Waals surface area contributed by atoms with Crippen LogP contribution in [-0.2, 0) is 24.4 Å². The van der Waals surface area contributed by atoms with Gasteiger partial charge in [-0.15, -0.1) is 0 Å². The number of pyridine rings is 3. The van der Waals surface area contributed by atoms with Crippen molar-refractivity contribution in [2.45, 2.75) is 44.6 Å². The zero-order valence-corrected chi connectivity index (χ0v) is 32.8. The minimum atomic E-state index is -1.62. The summed E-state index contributed by atoms with van der Waals surface area (Å²) in [4.78, 5) is 30.0. The Bertz CT molecular complexity index is 2390. The summed E-state index contributed by atoms with van der Waals surface area (Å²) in [6.45, 7) is 2.20. The van der Waals surface area contributed by atoms with E-state index in [2.05, 4.69) is 59.7 Å². The Hall–Kier alpha value is -5.59. The molecule has 2 aromatic carbocycles. The third kappa shape index (κ3) is 7.89. The molecular formula is C41H37BrClN7O6. The molecule has 56 heavy (non-hydrogen) atoms. The van der Waals surface area contributed by atoms with Crippen LogP contribution >= 0.6 is 27.5 Å². The average Bonchev–Trinajstić information content (AvgIpc) is 3.91. The van der Waals surface area contributed by atoms with Crippen molar-refractivity contribution < 1.29 is 29.2 Å². The number of benzene rings is 2. The number of halogens is 2. The Morgan fingerprint density at radius 2 is 1.88 bits per heavy atom. The van der Waals surface area contributed by atoms with Gasteiger partial charge < -0.3 is 29.7 Å². The minimum Gasteiger partial charge on any atom is -0.480 e. The zero-order chi connectivity index (χ0) is 39.4. The fourth-order valence-electron chi connectivity index (χ4n) is 6.67. The van der Waals surface area contributed by atoms with Gasteiger partial charge in [-0.25, -0.2) is 4.98 Å². The van der Waals surface area contributed by atoms with E-state index in [0.29, 0.717) is 35.5 Å². The molecule has 4 heterocycles. The second kappa shape index (κ2) is 16.6. The molecule has 0 unspecified atom stereocenters. The van der Waals surface area contributed by atoms with Crippen molar-refractivity contribution in [3.8, 4) is 46.1 Å². The number of carboxylic acids is 1. The Balaban J connectivity index is 1.17. The number of methoxy groups -OCH3 is 1. The number of nitrogens with one attached hydrogen (secondary N) is 2. The molecule has 7 rings (SSSR count). The number of aliphatic carboxylic acids is 1. The van der Waals surface area contributed by atoms with E-state index in [4.69, 9.17) is 30.8 Å². The number of nitriles is 1. The van der Waals surface area contributed by atoms with E-state index >= 15 is 0 Å². The number of amidine groups is 1. The smallest absolute Gasteiger partial charge is 0.326 e. The van der Waals surface area contributed by atoms with Crippen molar-refractivity contribution in [3.05, 3.63) is 116 Å². The predicted molar refractivity (Wildman–Crippen MR) is 213 cm³/mol. The number of hydrogen-bond donors (Lipinski definition) is 4. The van der Waals surface area contributed by atoms with Gasteiger partial charge >= 0.3 is 5.97 Å². The molecule has 286 valence electrons. The highest BCUT2D eigenvalue weighted by Crippen LogP contribution is 2.45. The summed E-state index contributed by atoms with van der Waals surface area (Å²) >= 11 is 10.7. The zero-order valence-electron chi connectivity index (χ0n) is 30.5. The molecule has 0 bridgehead atoms. The molecule has 1 aliphatic carbocycles. The molecule has 0 saturated heterocycles. The molecule has 0 saturated carbocycles. The van der Waals surface area contributed by atoms with E-state index in [1.165, 1.54) is 13.1 Å². The lowest BCUT2D eigenvalue weighted by atomic mass is 9.95. The number of aliphatic hydroxyl groups excluding tert-OH is 1. The summed E-state index contributed by atoms with van der Waals surface area (Å²) in [5.41, 5.74) is 6.49. The van der Waals surface area contributed by atoms with Gasteiger partial charge in [0.25, 0.3) is 0 Å². The van der Waals surface area contributed by atoms with Gasteiger partial charge in [-0.05, 0) is 82.2 Å². The first-order valence-corrected chi connectivity index (χ1v) is 19.0. The van der Waals surface area contributed by atoms with Crippen LogP contribution in [0.15, 0.2) is 82.5 Å². The van der Waals surface area contributed by atoms with E-state index < -0.39 is 18.1 Å². The van der Waals surface area contributed by atoms with Crippen LogP contribution in [0.4, 0.5) is 0 Å². The normalized spacial score (nSPS) is 15.6. The van der Waals surface area contributed by atoms with Gasteiger partial charge in [0, 0.05) is 46.6 Å². The van der Waals surface area contributed by atoms with Crippen LogP contribution in [0.25, 0.3) is 22.4 Å². The molecule has 4 N–H and O–H groups in total. The summed E-state index contributed by atoms with van der Waals surface area (Å²) in [5.74, 6) is 0.333.